The average molecular weight is 339 g/mol. The van der Waals surface area contributed by atoms with Crippen molar-refractivity contribution in [2.75, 3.05) is 5.32 Å². The van der Waals surface area contributed by atoms with E-state index in [1.54, 1.807) is 25.4 Å². The molecule has 2 aromatic heterocycles. The summed E-state index contributed by atoms with van der Waals surface area (Å²) in [4.78, 5) is 19.9. The highest BCUT2D eigenvalue weighted by Gasteiger charge is 2.43. The lowest BCUT2D eigenvalue weighted by atomic mass is 10.00. The number of nitrogens with one attached hydrogen (secondary N) is 1. The predicted molar refractivity (Wildman–Crippen MR) is 91.3 cm³/mol. The minimum absolute atomic E-state index is 0.282. The molecule has 0 spiro atoms. The molecule has 2 atom stereocenters. The number of amides is 1. The fourth-order valence-corrected chi connectivity index (χ4v) is 2.82. The van der Waals surface area contributed by atoms with Crippen molar-refractivity contribution in [3.8, 4) is 11.1 Å². The van der Waals surface area contributed by atoms with E-state index in [-0.39, 0.29) is 18.1 Å². The number of pyridine rings is 2. The normalized spacial score (nSPS) is 19.0. The minimum Gasteiger partial charge on any atom is -0.310 e. The number of hydrogen-bond donors (Lipinski definition) is 1. The second-order valence-corrected chi connectivity index (χ2v) is 6.27. The van der Waals surface area contributed by atoms with Crippen molar-refractivity contribution < 1.29 is 13.6 Å². The molecule has 0 radical (unpaired) electrons. The van der Waals surface area contributed by atoms with E-state index < -0.39 is 12.1 Å². The fourth-order valence-electron chi connectivity index (χ4n) is 2.82. The molecule has 1 fully saturated rings. The van der Waals surface area contributed by atoms with Gasteiger partial charge in [0.25, 0.3) is 0 Å². The molecule has 1 aromatic carbocycles. The van der Waals surface area contributed by atoms with Gasteiger partial charge in [0, 0.05) is 23.3 Å². The third-order valence-electron chi connectivity index (χ3n) is 4.49. The molecule has 0 unspecified atom stereocenters. The second kappa shape index (κ2) is 5.88. The number of anilines is 1. The highest BCUT2D eigenvalue weighted by Crippen LogP contribution is 2.35. The number of rotatable bonds is 3. The monoisotopic (exact) mass is 339 g/mol. The molecule has 126 valence electrons. The fraction of sp³-hybridized carbons (Fsp3) is 0.211. The molecule has 4 rings (SSSR count). The van der Waals surface area contributed by atoms with E-state index in [4.69, 9.17) is 0 Å². The Morgan fingerprint density at radius 1 is 1.20 bits per heavy atom. The van der Waals surface area contributed by atoms with Crippen LogP contribution in [0.2, 0.25) is 0 Å². The zero-order valence-corrected chi connectivity index (χ0v) is 13.5. The van der Waals surface area contributed by atoms with Crippen molar-refractivity contribution in [1.29, 1.82) is 0 Å². The summed E-state index contributed by atoms with van der Waals surface area (Å²) in [7, 11) is 0. The Morgan fingerprint density at radius 2 is 2.00 bits per heavy atom. The minimum atomic E-state index is -1.04. The van der Waals surface area contributed by atoms with Crippen LogP contribution >= 0.6 is 0 Å². The Kier molecular flexibility index (Phi) is 3.67. The number of hydrogen-bond acceptors (Lipinski definition) is 3. The second-order valence-electron chi connectivity index (χ2n) is 6.27. The molecule has 1 amide bonds. The van der Waals surface area contributed by atoms with Gasteiger partial charge in [0.05, 0.1) is 12.1 Å². The van der Waals surface area contributed by atoms with Gasteiger partial charge in [0.15, 0.2) is 0 Å². The highest BCUT2D eigenvalue weighted by atomic mass is 19.1. The Morgan fingerprint density at radius 3 is 2.76 bits per heavy atom. The van der Waals surface area contributed by atoms with Gasteiger partial charge in [0.2, 0.25) is 5.91 Å². The molecule has 25 heavy (non-hydrogen) atoms. The van der Waals surface area contributed by atoms with Crippen LogP contribution in [-0.2, 0) is 4.79 Å². The lowest BCUT2D eigenvalue weighted by Crippen LogP contribution is -2.15. The van der Waals surface area contributed by atoms with E-state index in [0.29, 0.717) is 11.4 Å². The summed E-state index contributed by atoms with van der Waals surface area (Å²) in [5.74, 6) is -0.839. The molecular weight excluding hydrogens is 324 g/mol. The Bertz CT molecular complexity index is 990. The quantitative estimate of drug-likeness (QED) is 0.783. The molecule has 1 saturated carbocycles. The van der Waals surface area contributed by atoms with Crippen LogP contribution in [0.5, 0.6) is 0 Å². The number of fused-ring (bicyclic) bond motifs is 1. The van der Waals surface area contributed by atoms with Crippen molar-refractivity contribution in [3.05, 3.63) is 54.2 Å². The molecule has 0 aliphatic heterocycles. The molecule has 1 aliphatic rings. The number of benzene rings is 1. The van der Waals surface area contributed by atoms with Gasteiger partial charge >= 0.3 is 0 Å². The molecule has 1 N–H and O–H groups in total. The van der Waals surface area contributed by atoms with Crippen molar-refractivity contribution in [3.63, 3.8) is 0 Å². The van der Waals surface area contributed by atoms with E-state index in [1.807, 2.05) is 18.2 Å². The summed E-state index contributed by atoms with van der Waals surface area (Å²) in [6.07, 6.45) is 3.70. The number of aromatic nitrogens is 2. The third kappa shape index (κ3) is 2.95. The van der Waals surface area contributed by atoms with Gasteiger partial charge in [-0.15, -0.1) is 0 Å². The van der Waals surface area contributed by atoms with Crippen LogP contribution in [0.25, 0.3) is 21.9 Å². The number of halogens is 2. The summed E-state index contributed by atoms with van der Waals surface area (Å²) in [5, 5.41) is 4.37. The smallest absolute Gasteiger partial charge is 0.231 e. The third-order valence-corrected chi connectivity index (χ3v) is 4.49. The van der Waals surface area contributed by atoms with Gasteiger partial charge in [0.1, 0.15) is 17.8 Å². The Hall–Kier alpha value is -2.89. The number of carbonyl (C=O) groups excluding carboxylic acids is 1. The van der Waals surface area contributed by atoms with E-state index in [2.05, 4.69) is 15.3 Å². The van der Waals surface area contributed by atoms with Gasteiger partial charge in [-0.25, -0.2) is 13.8 Å². The molecule has 0 bridgehead atoms. The Balaban J connectivity index is 1.65. The van der Waals surface area contributed by atoms with Crippen molar-refractivity contribution in [1.82, 2.24) is 9.97 Å². The van der Waals surface area contributed by atoms with Crippen LogP contribution in [0.1, 0.15) is 12.0 Å². The highest BCUT2D eigenvalue weighted by molar-refractivity contribution is 5.96. The van der Waals surface area contributed by atoms with E-state index in [9.17, 15) is 13.6 Å². The summed E-state index contributed by atoms with van der Waals surface area (Å²) in [6.45, 7) is 1.71. The van der Waals surface area contributed by atoms with Crippen LogP contribution in [0, 0.1) is 18.7 Å². The molecular formula is C19H15F2N3O. The number of nitrogens with zero attached hydrogens (tertiary/aromatic N) is 2. The molecule has 4 nitrogen and oxygen atoms in total. The molecule has 1 aliphatic carbocycles. The lowest BCUT2D eigenvalue weighted by Gasteiger charge is -2.09. The van der Waals surface area contributed by atoms with Crippen LogP contribution < -0.4 is 5.32 Å². The van der Waals surface area contributed by atoms with Crippen molar-refractivity contribution in [2.45, 2.75) is 19.5 Å². The first kappa shape index (κ1) is 15.6. The van der Waals surface area contributed by atoms with E-state index in [0.717, 1.165) is 21.9 Å². The van der Waals surface area contributed by atoms with Gasteiger partial charge in [-0.2, -0.15) is 0 Å². The average Bonchev–Trinajstić information content (AvgIpc) is 3.34. The SMILES string of the molecule is Cc1c(F)cncc1-c1ccc2cc(NC(=O)[C@@H]3C[C@@H]3F)ncc2c1. The Labute approximate surface area is 142 Å². The first-order chi connectivity index (χ1) is 12.0. The lowest BCUT2D eigenvalue weighted by molar-refractivity contribution is -0.117. The first-order valence-electron chi connectivity index (χ1n) is 7.98. The van der Waals surface area contributed by atoms with Crippen molar-refractivity contribution in [2.24, 2.45) is 5.92 Å². The number of carbonyl (C=O) groups is 1. The number of alkyl halides is 1. The first-order valence-corrected chi connectivity index (χ1v) is 7.98. The van der Waals surface area contributed by atoms with Gasteiger partial charge in [-0.3, -0.25) is 9.78 Å². The molecule has 6 heteroatoms. The summed E-state index contributed by atoms with van der Waals surface area (Å²) in [5.41, 5.74) is 2.10. The predicted octanol–water partition coefficient (Wildman–Crippen LogP) is 4.04. The summed E-state index contributed by atoms with van der Waals surface area (Å²) >= 11 is 0. The van der Waals surface area contributed by atoms with Crippen LogP contribution in [-0.4, -0.2) is 22.0 Å². The molecule has 2 heterocycles. The van der Waals surface area contributed by atoms with Gasteiger partial charge in [-0.05, 0) is 42.0 Å². The van der Waals surface area contributed by atoms with Crippen LogP contribution in [0.4, 0.5) is 14.6 Å². The van der Waals surface area contributed by atoms with Crippen LogP contribution in [0.3, 0.4) is 0 Å². The maximum atomic E-state index is 13.7. The maximum Gasteiger partial charge on any atom is 0.231 e. The largest absolute Gasteiger partial charge is 0.310 e. The van der Waals surface area contributed by atoms with E-state index in [1.165, 1.54) is 6.20 Å². The zero-order valence-electron chi connectivity index (χ0n) is 13.5. The van der Waals surface area contributed by atoms with Gasteiger partial charge < -0.3 is 5.32 Å². The summed E-state index contributed by atoms with van der Waals surface area (Å²) in [6, 6.07) is 7.39. The van der Waals surface area contributed by atoms with E-state index >= 15 is 0 Å². The van der Waals surface area contributed by atoms with Crippen molar-refractivity contribution >= 4 is 22.5 Å². The molecule has 3 aromatic rings. The zero-order chi connectivity index (χ0) is 17.6. The topological polar surface area (TPSA) is 54.9 Å². The van der Waals surface area contributed by atoms with Gasteiger partial charge in [-0.1, -0.05) is 12.1 Å². The van der Waals surface area contributed by atoms with Crippen LogP contribution in [0.15, 0.2) is 42.9 Å². The standard InChI is InChI=1S/C19H15F2N3O/c1-10-15(8-22-9-17(10)21)12-3-2-11-5-18(23-7-13(11)4-12)24-19(25)14-6-16(14)20/h2-5,7-9,14,16H,6H2,1H3,(H,23,24,25)/t14-,16+/m1/s1. The summed E-state index contributed by atoms with van der Waals surface area (Å²) < 4.78 is 26.6. The molecule has 0 saturated heterocycles. The maximum absolute atomic E-state index is 13.7.